The van der Waals surface area contributed by atoms with Gasteiger partial charge in [-0.25, -0.2) is 4.98 Å². The van der Waals surface area contributed by atoms with E-state index in [-0.39, 0.29) is 0 Å². The van der Waals surface area contributed by atoms with Crippen LogP contribution < -0.4 is 10.6 Å². The molecule has 0 aromatic carbocycles. The van der Waals surface area contributed by atoms with Crippen molar-refractivity contribution in [1.82, 2.24) is 9.97 Å². The van der Waals surface area contributed by atoms with E-state index in [0.717, 1.165) is 31.2 Å². The summed E-state index contributed by atoms with van der Waals surface area (Å²) >= 11 is 6.13. The lowest BCUT2D eigenvalue weighted by Gasteiger charge is -2.22. The summed E-state index contributed by atoms with van der Waals surface area (Å²) in [4.78, 5) is 8.61. The normalized spacial score (nSPS) is 16.3. The summed E-state index contributed by atoms with van der Waals surface area (Å²) in [6.07, 6.45) is 9.44. The van der Waals surface area contributed by atoms with Gasteiger partial charge in [0.1, 0.15) is 10.8 Å². The number of halogens is 1. The first-order chi connectivity index (χ1) is 9.29. The topological polar surface area (TPSA) is 49.8 Å². The maximum absolute atomic E-state index is 6.13. The molecule has 19 heavy (non-hydrogen) atoms. The number of aromatic nitrogens is 2. The third-order valence-electron chi connectivity index (χ3n) is 3.56. The summed E-state index contributed by atoms with van der Waals surface area (Å²) in [6, 6.07) is 0. The van der Waals surface area contributed by atoms with Crippen LogP contribution in [0.4, 0.5) is 11.8 Å². The Bertz CT molecular complexity index is 391. The van der Waals surface area contributed by atoms with Crippen molar-refractivity contribution in [3.63, 3.8) is 0 Å². The fraction of sp³-hybridized carbons (Fsp3) is 0.714. The molecule has 4 nitrogen and oxygen atoms in total. The van der Waals surface area contributed by atoms with Crippen LogP contribution in [0.1, 0.15) is 45.4 Å². The zero-order valence-electron chi connectivity index (χ0n) is 11.6. The predicted molar refractivity (Wildman–Crippen MR) is 80.9 cm³/mol. The van der Waals surface area contributed by atoms with Crippen LogP contribution in [0.25, 0.3) is 0 Å². The van der Waals surface area contributed by atoms with Gasteiger partial charge >= 0.3 is 0 Å². The van der Waals surface area contributed by atoms with Crippen LogP contribution in [-0.2, 0) is 0 Å². The summed E-state index contributed by atoms with van der Waals surface area (Å²) in [7, 11) is 0. The molecule has 106 valence electrons. The standard InChI is InChI=1S/C14H23ClN4/c1-2-8-16-14-18-10-12(15)13(19-14)17-9-11-6-4-3-5-7-11/h10-11H,2-9H2,1H3,(H2,16,17,18,19). The van der Waals surface area contributed by atoms with E-state index in [1.54, 1.807) is 6.20 Å². The number of nitrogens with zero attached hydrogens (tertiary/aromatic N) is 2. The first kappa shape index (κ1) is 14.4. The zero-order valence-corrected chi connectivity index (χ0v) is 12.3. The Morgan fingerprint density at radius 1 is 1.26 bits per heavy atom. The van der Waals surface area contributed by atoms with Crippen molar-refractivity contribution in [3.8, 4) is 0 Å². The lowest BCUT2D eigenvalue weighted by Crippen LogP contribution is -2.18. The van der Waals surface area contributed by atoms with E-state index < -0.39 is 0 Å². The number of rotatable bonds is 6. The molecule has 1 aromatic heterocycles. The van der Waals surface area contributed by atoms with Crippen molar-refractivity contribution in [2.75, 3.05) is 23.7 Å². The lowest BCUT2D eigenvalue weighted by atomic mass is 9.89. The quantitative estimate of drug-likeness (QED) is 0.830. The van der Waals surface area contributed by atoms with Crippen LogP contribution in [0.5, 0.6) is 0 Å². The van der Waals surface area contributed by atoms with Crippen molar-refractivity contribution in [1.29, 1.82) is 0 Å². The highest BCUT2D eigenvalue weighted by Crippen LogP contribution is 2.25. The smallest absolute Gasteiger partial charge is 0.224 e. The maximum atomic E-state index is 6.13. The van der Waals surface area contributed by atoms with Gasteiger partial charge in [0, 0.05) is 13.1 Å². The monoisotopic (exact) mass is 282 g/mol. The molecule has 0 saturated heterocycles. The Kier molecular flexibility index (Phi) is 5.70. The zero-order chi connectivity index (χ0) is 13.5. The van der Waals surface area contributed by atoms with Gasteiger partial charge in [-0.1, -0.05) is 37.8 Å². The first-order valence-electron chi connectivity index (χ1n) is 7.30. The Balaban J connectivity index is 1.90. The third-order valence-corrected chi connectivity index (χ3v) is 3.84. The van der Waals surface area contributed by atoms with Crippen molar-refractivity contribution in [2.45, 2.75) is 45.4 Å². The number of anilines is 2. The molecule has 1 aliphatic carbocycles. The van der Waals surface area contributed by atoms with Gasteiger partial charge in [-0.2, -0.15) is 4.98 Å². The molecule has 0 amide bonds. The van der Waals surface area contributed by atoms with Crippen LogP contribution in [0.3, 0.4) is 0 Å². The van der Waals surface area contributed by atoms with E-state index in [2.05, 4.69) is 27.5 Å². The second kappa shape index (κ2) is 7.53. The highest BCUT2D eigenvalue weighted by molar-refractivity contribution is 6.32. The van der Waals surface area contributed by atoms with E-state index in [9.17, 15) is 0 Å². The number of hydrogen-bond donors (Lipinski definition) is 2. The van der Waals surface area contributed by atoms with Gasteiger partial charge in [-0.15, -0.1) is 0 Å². The van der Waals surface area contributed by atoms with Crippen molar-refractivity contribution >= 4 is 23.4 Å². The van der Waals surface area contributed by atoms with Crippen molar-refractivity contribution in [3.05, 3.63) is 11.2 Å². The summed E-state index contributed by atoms with van der Waals surface area (Å²) in [6.45, 7) is 3.96. The van der Waals surface area contributed by atoms with Crippen LogP contribution >= 0.6 is 11.6 Å². The molecule has 5 heteroatoms. The fourth-order valence-electron chi connectivity index (χ4n) is 2.45. The second-order valence-electron chi connectivity index (χ2n) is 5.20. The summed E-state index contributed by atoms with van der Waals surface area (Å²) in [5, 5.41) is 7.15. The van der Waals surface area contributed by atoms with Gasteiger partial charge in [0.25, 0.3) is 0 Å². The Hall–Kier alpha value is -1.03. The molecule has 1 saturated carbocycles. The molecule has 1 aliphatic rings. The van der Waals surface area contributed by atoms with E-state index >= 15 is 0 Å². The van der Waals surface area contributed by atoms with Gasteiger partial charge in [0.2, 0.25) is 5.95 Å². The SMILES string of the molecule is CCCNc1ncc(Cl)c(NCC2CCCCC2)n1. The van der Waals surface area contributed by atoms with E-state index in [4.69, 9.17) is 11.6 Å². The highest BCUT2D eigenvalue weighted by Gasteiger charge is 2.14. The molecule has 0 atom stereocenters. The van der Waals surface area contributed by atoms with Crippen LogP contribution in [0, 0.1) is 5.92 Å². The Morgan fingerprint density at radius 3 is 2.79 bits per heavy atom. The molecular weight excluding hydrogens is 260 g/mol. The third kappa shape index (κ3) is 4.53. The number of hydrogen-bond acceptors (Lipinski definition) is 4. The summed E-state index contributed by atoms with van der Waals surface area (Å²) in [5.41, 5.74) is 0. The van der Waals surface area contributed by atoms with E-state index in [1.807, 2.05) is 0 Å². The minimum atomic E-state index is 0.595. The molecule has 0 unspecified atom stereocenters. The summed E-state index contributed by atoms with van der Waals surface area (Å²) < 4.78 is 0. The van der Waals surface area contributed by atoms with Crippen LogP contribution in [0.15, 0.2) is 6.20 Å². The molecule has 0 aliphatic heterocycles. The molecule has 2 N–H and O–H groups in total. The fourth-order valence-corrected chi connectivity index (χ4v) is 2.60. The number of nitrogens with one attached hydrogen (secondary N) is 2. The van der Waals surface area contributed by atoms with Gasteiger partial charge < -0.3 is 10.6 Å². The van der Waals surface area contributed by atoms with Gasteiger partial charge in [0.05, 0.1) is 6.20 Å². The minimum absolute atomic E-state index is 0.595. The van der Waals surface area contributed by atoms with Crippen molar-refractivity contribution in [2.24, 2.45) is 5.92 Å². The lowest BCUT2D eigenvalue weighted by molar-refractivity contribution is 0.373. The molecule has 1 aromatic rings. The molecule has 0 radical (unpaired) electrons. The first-order valence-corrected chi connectivity index (χ1v) is 7.67. The molecule has 1 heterocycles. The van der Waals surface area contributed by atoms with Crippen LogP contribution in [0.2, 0.25) is 5.02 Å². The van der Waals surface area contributed by atoms with Gasteiger partial charge in [-0.05, 0) is 25.2 Å². The van der Waals surface area contributed by atoms with Crippen LogP contribution in [-0.4, -0.2) is 23.1 Å². The molecule has 0 spiro atoms. The second-order valence-corrected chi connectivity index (χ2v) is 5.61. The van der Waals surface area contributed by atoms with E-state index in [0.29, 0.717) is 11.0 Å². The predicted octanol–water partition coefficient (Wildman–Crippen LogP) is 3.94. The molecule has 0 bridgehead atoms. The Morgan fingerprint density at radius 2 is 2.05 bits per heavy atom. The molecule has 1 fully saturated rings. The molecular formula is C14H23ClN4. The minimum Gasteiger partial charge on any atom is -0.368 e. The van der Waals surface area contributed by atoms with Gasteiger partial charge in [0.15, 0.2) is 0 Å². The average Bonchev–Trinajstić information content (AvgIpc) is 2.46. The Labute approximate surface area is 120 Å². The van der Waals surface area contributed by atoms with Gasteiger partial charge in [-0.3, -0.25) is 0 Å². The molecule has 2 rings (SSSR count). The maximum Gasteiger partial charge on any atom is 0.224 e. The highest BCUT2D eigenvalue weighted by atomic mass is 35.5. The summed E-state index contributed by atoms with van der Waals surface area (Å²) in [5.74, 6) is 2.16. The largest absolute Gasteiger partial charge is 0.368 e. The average molecular weight is 283 g/mol. The van der Waals surface area contributed by atoms with Crippen molar-refractivity contribution < 1.29 is 0 Å². The van der Waals surface area contributed by atoms with E-state index in [1.165, 1.54) is 32.1 Å².